The van der Waals surface area contributed by atoms with Gasteiger partial charge in [-0.2, -0.15) is 0 Å². The van der Waals surface area contributed by atoms with Crippen molar-refractivity contribution in [1.82, 2.24) is 10.6 Å². The lowest BCUT2D eigenvalue weighted by Gasteiger charge is -2.16. The number of rotatable bonds is 6. The maximum atomic E-state index is 12.3. The Morgan fingerprint density at radius 1 is 1.27 bits per heavy atom. The van der Waals surface area contributed by atoms with E-state index in [1.807, 2.05) is 13.8 Å². The molecule has 120 valence electrons. The van der Waals surface area contributed by atoms with E-state index < -0.39 is 0 Å². The second-order valence-corrected chi connectivity index (χ2v) is 5.99. The highest BCUT2D eigenvalue weighted by Crippen LogP contribution is 2.32. The van der Waals surface area contributed by atoms with Crippen LogP contribution in [0.15, 0.2) is 24.3 Å². The quantitative estimate of drug-likeness (QED) is 0.644. The Labute approximate surface area is 130 Å². The Balaban J connectivity index is 1.97. The van der Waals surface area contributed by atoms with E-state index in [-0.39, 0.29) is 24.0 Å². The van der Waals surface area contributed by atoms with E-state index in [4.69, 9.17) is 5.73 Å². The lowest BCUT2D eigenvalue weighted by molar-refractivity contribution is 0.0933. The molecule has 3 amide bonds. The van der Waals surface area contributed by atoms with Crippen LogP contribution in [0.5, 0.6) is 0 Å². The summed E-state index contributed by atoms with van der Waals surface area (Å²) in [5.74, 6) is 0.349. The van der Waals surface area contributed by atoms with Crippen LogP contribution in [0.1, 0.15) is 37.0 Å². The third-order valence-electron chi connectivity index (χ3n) is 3.56. The number of carbonyl (C=O) groups excluding carboxylic acids is 2. The molecule has 0 heterocycles. The minimum Gasteiger partial charge on any atom is -0.348 e. The molecule has 1 aromatic carbocycles. The first-order valence-electron chi connectivity index (χ1n) is 7.68. The van der Waals surface area contributed by atoms with Gasteiger partial charge >= 0.3 is 6.03 Å². The van der Waals surface area contributed by atoms with Gasteiger partial charge in [0.2, 0.25) is 0 Å². The van der Waals surface area contributed by atoms with E-state index in [0.29, 0.717) is 23.7 Å². The summed E-state index contributed by atoms with van der Waals surface area (Å²) in [5.41, 5.74) is 6.80. The molecular formula is C16H24N4O2. The van der Waals surface area contributed by atoms with Crippen molar-refractivity contribution >= 4 is 17.6 Å². The number of carbonyl (C=O) groups is 2. The molecule has 6 heteroatoms. The number of hydrogen-bond acceptors (Lipinski definition) is 3. The van der Waals surface area contributed by atoms with Crippen LogP contribution >= 0.6 is 0 Å². The highest BCUT2D eigenvalue weighted by atomic mass is 16.2. The number of nitrogens with one attached hydrogen (secondary N) is 3. The summed E-state index contributed by atoms with van der Waals surface area (Å²) >= 11 is 0. The molecule has 1 unspecified atom stereocenters. The molecule has 0 bridgehead atoms. The molecule has 0 aliphatic heterocycles. The first-order valence-corrected chi connectivity index (χ1v) is 7.68. The van der Waals surface area contributed by atoms with Gasteiger partial charge in [-0.25, -0.2) is 4.79 Å². The molecule has 1 aliphatic carbocycles. The van der Waals surface area contributed by atoms with Gasteiger partial charge in [-0.15, -0.1) is 0 Å². The van der Waals surface area contributed by atoms with E-state index in [1.165, 1.54) is 0 Å². The average molecular weight is 304 g/mol. The molecule has 1 fully saturated rings. The molecular weight excluding hydrogens is 280 g/mol. The summed E-state index contributed by atoms with van der Waals surface area (Å²) in [7, 11) is 0. The Morgan fingerprint density at radius 3 is 2.59 bits per heavy atom. The SMILES string of the molecule is CC(C)NC(=O)Nc1cccc(C(=O)NC(CN)C2CC2)c1. The van der Waals surface area contributed by atoms with Crippen molar-refractivity contribution < 1.29 is 9.59 Å². The number of urea groups is 1. The molecule has 0 radical (unpaired) electrons. The van der Waals surface area contributed by atoms with Crippen LogP contribution in [0.4, 0.5) is 10.5 Å². The topological polar surface area (TPSA) is 96.2 Å². The largest absolute Gasteiger partial charge is 0.348 e. The Morgan fingerprint density at radius 2 is 2.00 bits per heavy atom. The lowest BCUT2D eigenvalue weighted by Crippen LogP contribution is -2.41. The molecule has 5 N–H and O–H groups in total. The first-order chi connectivity index (χ1) is 10.5. The molecule has 0 spiro atoms. The Hall–Kier alpha value is -2.08. The van der Waals surface area contributed by atoms with E-state index >= 15 is 0 Å². The van der Waals surface area contributed by atoms with Gasteiger partial charge in [0.1, 0.15) is 0 Å². The van der Waals surface area contributed by atoms with Crippen LogP contribution < -0.4 is 21.7 Å². The molecule has 1 aliphatic rings. The predicted molar refractivity (Wildman–Crippen MR) is 86.8 cm³/mol. The van der Waals surface area contributed by atoms with Gasteiger partial charge in [-0.3, -0.25) is 4.79 Å². The normalized spacial score (nSPS) is 15.3. The van der Waals surface area contributed by atoms with Crippen molar-refractivity contribution in [3.8, 4) is 0 Å². The Kier molecular flexibility index (Phi) is 5.38. The fourth-order valence-electron chi connectivity index (χ4n) is 2.29. The highest BCUT2D eigenvalue weighted by Gasteiger charge is 2.31. The van der Waals surface area contributed by atoms with E-state index in [1.54, 1.807) is 24.3 Å². The van der Waals surface area contributed by atoms with Crippen molar-refractivity contribution in [3.63, 3.8) is 0 Å². The van der Waals surface area contributed by atoms with Gasteiger partial charge in [0.15, 0.2) is 0 Å². The summed E-state index contributed by atoms with van der Waals surface area (Å²) in [5, 5.41) is 8.42. The van der Waals surface area contributed by atoms with E-state index in [9.17, 15) is 9.59 Å². The van der Waals surface area contributed by atoms with Gasteiger partial charge in [-0.1, -0.05) is 6.07 Å². The van der Waals surface area contributed by atoms with Crippen molar-refractivity contribution in [1.29, 1.82) is 0 Å². The summed E-state index contributed by atoms with van der Waals surface area (Å²) in [6, 6.07) is 6.68. The fraction of sp³-hybridized carbons (Fsp3) is 0.500. The van der Waals surface area contributed by atoms with Crippen molar-refractivity contribution in [2.45, 2.75) is 38.8 Å². The van der Waals surface area contributed by atoms with Crippen molar-refractivity contribution in [2.75, 3.05) is 11.9 Å². The number of hydrogen-bond donors (Lipinski definition) is 4. The minimum atomic E-state index is -0.287. The van der Waals surface area contributed by atoms with Crippen molar-refractivity contribution in [3.05, 3.63) is 29.8 Å². The summed E-state index contributed by atoms with van der Waals surface area (Å²) in [6.07, 6.45) is 2.25. The second-order valence-electron chi connectivity index (χ2n) is 5.99. The van der Waals surface area contributed by atoms with Crippen LogP contribution in [0.3, 0.4) is 0 Å². The van der Waals surface area contributed by atoms with Crippen LogP contribution in [-0.4, -0.2) is 30.6 Å². The third-order valence-corrected chi connectivity index (χ3v) is 3.56. The highest BCUT2D eigenvalue weighted by molar-refractivity contribution is 5.97. The zero-order valence-corrected chi connectivity index (χ0v) is 13.1. The van der Waals surface area contributed by atoms with Gasteiger partial charge < -0.3 is 21.7 Å². The Bertz CT molecular complexity index is 541. The predicted octanol–water partition coefficient (Wildman–Crippen LogP) is 1.68. The monoisotopic (exact) mass is 304 g/mol. The smallest absolute Gasteiger partial charge is 0.319 e. The van der Waals surface area contributed by atoms with Crippen LogP contribution in [0.25, 0.3) is 0 Å². The van der Waals surface area contributed by atoms with E-state index in [0.717, 1.165) is 12.8 Å². The summed E-state index contributed by atoms with van der Waals surface area (Å²) < 4.78 is 0. The fourth-order valence-corrected chi connectivity index (χ4v) is 2.29. The average Bonchev–Trinajstić information content (AvgIpc) is 3.28. The molecule has 1 atom stereocenters. The zero-order chi connectivity index (χ0) is 16.1. The van der Waals surface area contributed by atoms with Crippen LogP contribution in [0, 0.1) is 5.92 Å². The minimum absolute atomic E-state index is 0.0355. The van der Waals surface area contributed by atoms with Crippen molar-refractivity contribution in [2.24, 2.45) is 11.7 Å². The van der Waals surface area contributed by atoms with Gasteiger partial charge in [0, 0.05) is 29.9 Å². The van der Waals surface area contributed by atoms with E-state index in [2.05, 4.69) is 16.0 Å². The summed E-state index contributed by atoms with van der Waals surface area (Å²) in [6.45, 7) is 4.22. The maximum absolute atomic E-state index is 12.3. The summed E-state index contributed by atoms with van der Waals surface area (Å²) in [4.78, 5) is 24.0. The number of anilines is 1. The standard InChI is InChI=1S/C16H24N4O2/c1-10(2)18-16(22)19-13-5-3-4-12(8-13)15(21)20-14(9-17)11-6-7-11/h3-5,8,10-11,14H,6-7,9,17H2,1-2H3,(H,20,21)(H2,18,19,22). The molecule has 22 heavy (non-hydrogen) atoms. The third kappa shape index (κ3) is 4.73. The maximum Gasteiger partial charge on any atom is 0.319 e. The first kappa shape index (κ1) is 16.3. The number of amides is 3. The van der Waals surface area contributed by atoms with Gasteiger partial charge in [-0.05, 0) is 50.8 Å². The number of benzene rings is 1. The zero-order valence-electron chi connectivity index (χ0n) is 13.1. The van der Waals surface area contributed by atoms with Gasteiger partial charge in [0.25, 0.3) is 5.91 Å². The molecule has 1 aromatic rings. The van der Waals surface area contributed by atoms with Crippen LogP contribution in [0.2, 0.25) is 0 Å². The van der Waals surface area contributed by atoms with Gasteiger partial charge in [0.05, 0.1) is 0 Å². The lowest BCUT2D eigenvalue weighted by atomic mass is 10.1. The molecule has 1 saturated carbocycles. The molecule has 6 nitrogen and oxygen atoms in total. The second kappa shape index (κ2) is 7.26. The van der Waals surface area contributed by atoms with Crippen LogP contribution in [-0.2, 0) is 0 Å². The molecule has 2 rings (SSSR count). The molecule has 0 aromatic heterocycles. The molecule has 0 saturated heterocycles. The number of nitrogens with two attached hydrogens (primary N) is 1.